The van der Waals surface area contributed by atoms with Crippen LogP contribution in [0.3, 0.4) is 0 Å². The molecule has 1 aliphatic rings. The Hall–Kier alpha value is -0.710. The molecule has 0 aromatic heterocycles. The van der Waals surface area contributed by atoms with Gasteiger partial charge in [0.25, 0.3) is 0 Å². The van der Waals surface area contributed by atoms with Crippen molar-refractivity contribution in [2.24, 2.45) is 0 Å². The first kappa shape index (κ1) is 16.7. The third-order valence-corrected chi connectivity index (χ3v) is 4.57. The fraction of sp³-hybridized carbons (Fsp3) is 0.647. The van der Waals surface area contributed by atoms with E-state index in [1.54, 1.807) is 0 Å². The number of nitrogens with one attached hydrogen (secondary N) is 2. The number of thiol groups is 1. The van der Waals surface area contributed by atoms with Crippen molar-refractivity contribution in [1.82, 2.24) is 10.2 Å². The van der Waals surface area contributed by atoms with Crippen LogP contribution in [-0.2, 0) is 0 Å². The average molecular weight is 308 g/mol. The molecule has 0 saturated heterocycles. The third-order valence-electron chi connectivity index (χ3n) is 4.29. The van der Waals surface area contributed by atoms with Gasteiger partial charge in [-0.25, -0.2) is 0 Å². The van der Waals surface area contributed by atoms with Crippen LogP contribution in [0.25, 0.3) is 0 Å². The summed E-state index contributed by atoms with van der Waals surface area (Å²) in [6.07, 6.45) is 5.15. The Morgan fingerprint density at radius 1 is 1.10 bits per heavy atom. The molecule has 4 heteroatoms. The molecule has 1 saturated carbocycles. The van der Waals surface area contributed by atoms with Crippen LogP contribution in [0.4, 0.5) is 5.69 Å². The minimum atomic E-state index is -0.0169. The fourth-order valence-electron chi connectivity index (χ4n) is 3.38. The number of rotatable bonds is 5. The summed E-state index contributed by atoms with van der Waals surface area (Å²) in [5, 5.41) is 7.11. The van der Waals surface area contributed by atoms with Crippen LogP contribution in [0.1, 0.15) is 36.8 Å². The minimum absolute atomic E-state index is 0.0169. The molecule has 0 aliphatic heterocycles. The Morgan fingerprint density at radius 3 is 2.33 bits per heavy atom. The molecule has 1 aromatic rings. The van der Waals surface area contributed by atoms with E-state index in [9.17, 15) is 0 Å². The van der Waals surface area contributed by atoms with Crippen LogP contribution in [0.5, 0.6) is 0 Å². The monoisotopic (exact) mass is 307 g/mol. The Kier molecular flexibility index (Phi) is 5.97. The number of likely N-dealkylation sites (N-methyl/N-ethyl adjacent to an activating group) is 1. The zero-order valence-corrected chi connectivity index (χ0v) is 14.6. The first-order valence-corrected chi connectivity index (χ1v) is 8.43. The van der Waals surface area contributed by atoms with E-state index in [1.807, 2.05) is 0 Å². The van der Waals surface area contributed by atoms with Gasteiger partial charge in [0.05, 0.1) is 0 Å². The van der Waals surface area contributed by atoms with Crippen molar-refractivity contribution in [2.45, 2.75) is 57.1 Å². The van der Waals surface area contributed by atoms with Gasteiger partial charge in [-0.2, -0.15) is 0 Å². The highest BCUT2D eigenvalue weighted by Gasteiger charge is 2.27. The molecule has 0 spiro atoms. The summed E-state index contributed by atoms with van der Waals surface area (Å²) in [4.78, 5) is 2.34. The van der Waals surface area contributed by atoms with Gasteiger partial charge in [-0.3, -0.25) is 5.32 Å². The lowest BCUT2D eigenvalue weighted by Gasteiger charge is -2.38. The SMILES string of the molecule is Cc1cc(C)cc(NC(S)NC2CCCCC2N(C)C)c1. The Morgan fingerprint density at radius 2 is 1.71 bits per heavy atom. The summed E-state index contributed by atoms with van der Waals surface area (Å²) in [6, 6.07) is 7.64. The summed E-state index contributed by atoms with van der Waals surface area (Å²) < 4.78 is 0. The number of benzene rings is 1. The summed E-state index contributed by atoms with van der Waals surface area (Å²) in [5.74, 6) is 0. The lowest BCUT2D eigenvalue weighted by molar-refractivity contribution is 0.177. The van der Waals surface area contributed by atoms with Crippen molar-refractivity contribution in [3.05, 3.63) is 29.3 Å². The topological polar surface area (TPSA) is 27.3 Å². The Bertz CT molecular complexity index is 441. The van der Waals surface area contributed by atoms with Gasteiger partial charge in [-0.15, -0.1) is 12.6 Å². The van der Waals surface area contributed by atoms with Gasteiger partial charge in [-0.1, -0.05) is 18.9 Å². The Labute approximate surface area is 134 Å². The fourth-order valence-corrected chi connectivity index (χ4v) is 3.72. The quantitative estimate of drug-likeness (QED) is 0.575. The van der Waals surface area contributed by atoms with Gasteiger partial charge in [0.2, 0.25) is 0 Å². The smallest absolute Gasteiger partial charge is 0.123 e. The maximum absolute atomic E-state index is 4.69. The van der Waals surface area contributed by atoms with E-state index >= 15 is 0 Å². The van der Waals surface area contributed by atoms with Crippen LogP contribution in [0, 0.1) is 13.8 Å². The molecule has 0 bridgehead atoms. The summed E-state index contributed by atoms with van der Waals surface area (Å²) in [5.41, 5.74) is 3.68. The third kappa shape index (κ3) is 4.90. The molecule has 1 aromatic carbocycles. The first-order valence-electron chi connectivity index (χ1n) is 7.91. The van der Waals surface area contributed by atoms with Gasteiger partial charge >= 0.3 is 0 Å². The molecule has 0 amide bonds. The van der Waals surface area contributed by atoms with Gasteiger partial charge in [0.15, 0.2) is 0 Å². The second kappa shape index (κ2) is 7.52. The highest BCUT2D eigenvalue weighted by atomic mass is 32.1. The predicted molar refractivity (Wildman–Crippen MR) is 95.2 cm³/mol. The standard InChI is InChI=1S/C17H29N3S/c1-12-9-13(2)11-14(10-12)18-17(21)19-15-7-5-6-8-16(15)20(3)4/h9-11,15-19,21H,5-8H2,1-4H3. The molecule has 3 unspecified atom stereocenters. The zero-order valence-electron chi connectivity index (χ0n) is 13.7. The van der Waals surface area contributed by atoms with E-state index in [1.165, 1.54) is 36.8 Å². The minimum Gasteiger partial charge on any atom is -0.361 e. The molecule has 3 nitrogen and oxygen atoms in total. The van der Waals surface area contributed by atoms with Crippen molar-refractivity contribution in [3.8, 4) is 0 Å². The molecule has 1 fully saturated rings. The molecule has 1 aliphatic carbocycles. The van der Waals surface area contributed by atoms with Crippen LogP contribution in [-0.4, -0.2) is 36.6 Å². The lowest BCUT2D eigenvalue weighted by atomic mass is 9.90. The average Bonchev–Trinajstić information content (AvgIpc) is 2.37. The van der Waals surface area contributed by atoms with Crippen LogP contribution < -0.4 is 10.6 Å². The van der Waals surface area contributed by atoms with Crippen molar-refractivity contribution < 1.29 is 0 Å². The van der Waals surface area contributed by atoms with Crippen LogP contribution in [0.15, 0.2) is 18.2 Å². The highest BCUT2D eigenvalue weighted by Crippen LogP contribution is 2.23. The molecule has 3 atom stereocenters. The van der Waals surface area contributed by atoms with Gasteiger partial charge in [0, 0.05) is 17.8 Å². The molecular formula is C17H29N3S. The molecular weight excluding hydrogens is 278 g/mol. The number of hydrogen-bond acceptors (Lipinski definition) is 4. The largest absolute Gasteiger partial charge is 0.361 e. The highest BCUT2D eigenvalue weighted by molar-refractivity contribution is 7.81. The van der Waals surface area contributed by atoms with Gasteiger partial charge in [-0.05, 0) is 64.0 Å². The van der Waals surface area contributed by atoms with Crippen molar-refractivity contribution in [1.29, 1.82) is 0 Å². The molecule has 21 heavy (non-hydrogen) atoms. The normalized spacial score (nSPS) is 24.1. The van der Waals surface area contributed by atoms with Crippen molar-refractivity contribution in [3.63, 3.8) is 0 Å². The second-order valence-electron chi connectivity index (χ2n) is 6.51. The molecule has 2 N–H and O–H groups in total. The number of nitrogens with zero attached hydrogens (tertiary/aromatic N) is 1. The maximum atomic E-state index is 4.69. The predicted octanol–water partition coefficient (Wildman–Crippen LogP) is 3.39. The van der Waals surface area contributed by atoms with Crippen molar-refractivity contribution >= 4 is 18.3 Å². The van der Waals surface area contributed by atoms with E-state index in [2.05, 4.69) is 74.3 Å². The van der Waals surface area contributed by atoms with Gasteiger partial charge in [0.1, 0.15) is 5.50 Å². The van der Waals surface area contributed by atoms with Crippen molar-refractivity contribution in [2.75, 3.05) is 19.4 Å². The first-order chi connectivity index (χ1) is 9.95. The van der Waals surface area contributed by atoms with E-state index in [0.29, 0.717) is 12.1 Å². The molecule has 118 valence electrons. The summed E-state index contributed by atoms with van der Waals surface area (Å²) >= 11 is 4.69. The lowest BCUT2D eigenvalue weighted by Crippen LogP contribution is -2.52. The molecule has 0 radical (unpaired) electrons. The van der Waals surface area contributed by atoms with Gasteiger partial charge < -0.3 is 10.2 Å². The van der Waals surface area contributed by atoms with E-state index in [-0.39, 0.29) is 5.50 Å². The van der Waals surface area contributed by atoms with E-state index in [0.717, 1.165) is 5.69 Å². The number of hydrogen-bond donors (Lipinski definition) is 3. The molecule has 0 heterocycles. The zero-order chi connectivity index (χ0) is 15.4. The van der Waals surface area contributed by atoms with E-state index in [4.69, 9.17) is 0 Å². The molecule has 2 rings (SSSR count). The second-order valence-corrected chi connectivity index (χ2v) is 7.03. The van der Waals surface area contributed by atoms with Crippen LogP contribution >= 0.6 is 12.6 Å². The van der Waals surface area contributed by atoms with E-state index < -0.39 is 0 Å². The van der Waals surface area contributed by atoms with Crippen LogP contribution in [0.2, 0.25) is 0 Å². The summed E-state index contributed by atoms with van der Waals surface area (Å²) in [7, 11) is 4.35. The Balaban J connectivity index is 1.95. The maximum Gasteiger partial charge on any atom is 0.123 e. The number of aryl methyl sites for hydroxylation is 2. The summed E-state index contributed by atoms with van der Waals surface area (Å²) in [6.45, 7) is 4.25. The number of anilines is 1.